The first-order valence-electron chi connectivity index (χ1n) is 10.2. The third-order valence-electron chi connectivity index (χ3n) is 5.45. The smallest absolute Gasteiger partial charge is 0.274 e. The zero-order valence-corrected chi connectivity index (χ0v) is 19.1. The van der Waals surface area contributed by atoms with Gasteiger partial charge in [-0.2, -0.15) is 0 Å². The lowest BCUT2D eigenvalue weighted by Gasteiger charge is -2.39. The van der Waals surface area contributed by atoms with E-state index in [2.05, 4.69) is 39.1 Å². The third-order valence-corrected chi connectivity index (χ3v) is 6.59. The predicted molar refractivity (Wildman–Crippen MR) is 122 cm³/mol. The van der Waals surface area contributed by atoms with Gasteiger partial charge in [-0.25, -0.2) is 18.4 Å². The Morgan fingerprint density at radius 3 is 1.97 bits per heavy atom. The van der Waals surface area contributed by atoms with E-state index >= 15 is 0 Å². The summed E-state index contributed by atoms with van der Waals surface area (Å²) in [5.74, 6) is -0.391. The normalized spacial score (nSPS) is 15.2. The Labute approximate surface area is 192 Å². The molecule has 0 aliphatic carbocycles. The molecule has 1 fully saturated rings. The lowest BCUT2D eigenvalue weighted by atomic mass is 9.96. The molecular weight excluding hydrogens is 448 g/mol. The number of piperazine rings is 1. The summed E-state index contributed by atoms with van der Waals surface area (Å²) in [6, 6.07) is 20.6. The number of benzene rings is 2. The molecule has 32 heavy (non-hydrogen) atoms. The van der Waals surface area contributed by atoms with E-state index in [0.717, 1.165) is 12.5 Å². The summed E-state index contributed by atoms with van der Waals surface area (Å²) < 4.78 is 23.6. The van der Waals surface area contributed by atoms with Gasteiger partial charge >= 0.3 is 0 Å². The number of halogens is 1. The van der Waals surface area contributed by atoms with E-state index in [-0.39, 0.29) is 16.8 Å². The van der Waals surface area contributed by atoms with Crippen LogP contribution < -0.4 is 0 Å². The lowest BCUT2D eigenvalue weighted by molar-refractivity contribution is 0.0591. The molecule has 2 heterocycles. The van der Waals surface area contributed by atoms with E-state index in [1.54, 1.807) is 4.90 Å². The molecule has 0 radical (unpaired) electrons. The Kier molecular flexibility index (Phi) is 6.55. The van der Waals surface area contributed by atoms with Gasteiger partial charge in [0.25, 0.3) is 5.91 Å². The van der Waals surface area contributed by atoms with Gasteiger partial charge in [0, 0.05) is 32.4 Å². The minimum atomic E-state index is -3.65. The second-order valence-corrected chi connectivity index (χ2v) is 9.99. The highest BCUT2D eigenvalue weighted by Crippen LogP contribution is 2.29. The van der Waals surface area contributed by atoms with Gasteiger partial charge in [-0.3, -0.25) is 9.69 Å². The minimum absolute atomic E-state index is 0.0382. The van der Waals surface area contributed by atoms with Crippen molar-refractivity contribution in [2.45, 2.75) is 11.2 Å². The van der Waals surface area contributed by atoms with E-state index in [1.807, 2.05) is 36.4 Å². The van der Waals surface area contributed by atoms with Crippen molar-refractivity contribution in [3.63, 3.8) is 0 Å². The molecule has 0 N–H and O–H groups in total. The number of sulfone groups is 1. The quantitative estimate of drug-likeness (QED) is 0.533. The highest BCUT2D eigenvalue weighted by molar-refractivity contribution is 7.90. The summed E-state index contributed by atoms with van der Waals surface area (Å²) in [4.78, 5) is 24.7. The predicted octanol–water partition coefficient (Wildman–Crippen LogP) is 3.08. The van der Waals surface area contributed by atoms with Crippen LogP contribution in [0.3, 0.4) is 0 Å². The van der Waals surface area contributed by atoms with Crippen LogP contribution >= 0.6 is 11.6 Å². The molecule has 7 nitrogen and oxygen atoms in total. The van der Waals surface area contributed by atoms with Crippen LogP contribution in [0.1, 0.15) is 27.7 Å². The van der Waals surface area contributed by atoms with Crippen LogP contribution in [0, 0.1) is 0 Å². The summed E-state index contributed by atoms with van der Waals surface area (Å²) in [5.41, 5.74) is 2.29. The van der Waals surface area contributed by atoms with Gasteiger partial charge in [0.15, 0.2) is 5.69 Å². The van der Waals surface area contributed by atoms with Gasteiger partial charge < -0.3 is 4.90 Å². The second kappa shape index (κ2) is 9.36. The Balaban J connectivity index is 1.54. The topological polar surface area (TPSA) is 83.5 Å². The van der Waals surface area contributed by atoms with Crippen molar-refractivity contribution < 1.29 is 13.2 Å². The van der Waals surface area contributed by atoms with E-state index in [0.29, 0.717) is 26.2 Å². The van der Waals surface area contributed by atoms with Gasteiger partial charge in [-0.05, 0) is 11.1 Å². The number of amides is 1. The van der Waals surface area contributed by atoms with Crippen molar-refractivity contribution in [1.82, 2.24) is 19.8 Å². The van der Waals surface area contributed by atoms with E-state index < -0.39 is 20.9 Å². The van der Waals surface area contributed by atoms with E-state index in [4.69, 9.17) is 11.6 Å². The maximum absolute atomic E-state index is 13.1. The van der Waals surface area contributed by atoms with Crippen molar-refractivity contribution in [2.24, 2.45) is 0 Å². The molecule has 0 bridgehead atoms. The molecule has 1 amide bonds. The number of carbonyl (C=O) groups excluding carboxylic acids is 1. The monoisotopic (exact) mass is 470 g/mol. The molecule has 1 saturated heterocycles. The summed E-state index contributed by atoms with van der Waals surface area (Å²) >= 11 is 6.12. The van der Waals surface area contributed by atoms with Crippen LogP contribution in [0.2, 0.25) is 5.02 Å². The third kappa shape index (κ3) is 4.82. The van der Waals surface area contributed by atoms with E-state index in [1.165, 1.54) is 11.1 Å². The first kappa shape index (κ1) is 22.4. The summed E-state index contributed by atoms with van der Waals surface area (Å²) in [6.45, 7) is 2.26. The number of rotatable bonds is 5. The van der Waals surface area contributed by atoms with Gasteiger partial charge in [-0.1, -0.05) is 72.3 Å². The van der Waals surface area contributed by atoms with Crippen molar-refractivity contribution >= 4 is 27.3 Å². The Morgan fingerprint density at radius 1 is 0.938 bits per heavy atom. The average molecular weight is 471 g/mol. The molecule has 9 heteroatoms. The van der Waals surface area contributed by atoms with Gasteiger partial charge in [0.1, 0.15) is 0 Å². The van der Waals surface area contributed by atoms with Crippen molar-refractivity contribution in [3.8, 4) is 0 Å². The summed E-state index contributed by atoms with van der Waals surface area (Å²) in [7, 11) is -3.65. The van der Waals surface area contributed by atoms with Gasteiger partial charge in [-0.15, -0.1) is 0 Å². The second-order valence-electron chi connectivity index (χ2n) is 7.67. The van der Waals surface area contributed by atoms with Gasteiger partial charge in [0.2, 0.25) is 15.0 Å². The Bertz CT molecular complexity index is 1160. The van der Waals surface area contributed by atoms with Crippen LogP contribution in [0.5, 0.6) is 0 Å². The van der Waals surface area contributed by atoms with Crippen LogP contribution in [0.4, 0.5) is 0 Å². The van der Waals surface area contributed by atoms with E-state index in [9.17, 15) is 13.2 Å². The molecule has 1 aliphatic rings. The summed E-state index contributed by atoms with van der Waals surface area (Å²) in [6.07, 6.45) is 2.16. The van der Waals surface area contributed by atoms with Crippen LogP contribution in [-0.2, 0) is 9.84 Å². The van der Waals surface area contributed by atoms with Crippen molar-refractivity contribution in [1.29, 1.82) is 0 Å². The molecular formula is C23H23ClN4O3S. The van der Waals surface area contributed by atoms with Crippen LogP contribution in [-0.4, -0.2) is 66.5 Å². The minimum Gasteiger partial charge on any atom is -0.335 e. The Morgan fingerprint density at radius 2 is 1.47 bits per heavy atom. The Hall–Kier alpha value is -2.81. The van der Waals surface area contributed by atoms with Crippen molar-refractivity contribution in [3.05, 3.63) is 88.7 Å². The number of nitrogens with zero attached hydrogens (tertiary/aromatic N) is 4. The standard InChI is InChI=1S/C23H23ClN4O3S/c1-32(30,31)23-25-16-19(24)20(26-23)22(29)28-14-12-27(13-15-28)21(17-8-4-2-5-9-17)18-10-6-3-7-11-18/h2-11,16,21H,12-15H2,1H3. The SMILES string of the molecule is CS(=O)(=O)c1ncc(Cl)c(C(=O)N2CCN(C(c3ccccc3)c3ccccc3)CC2)n1. The molecule has 1 aliphatic heterocycles. The molecule has 0 spiro atoms. The molecule has 1 aromatic heterocycles. The van der Waals surface area contributed by atoms with Crippen LogP contribution in [0.15, 0.2) is 72.0 Å². The van der Waals surface area contributed by atoms with Crippen molar-refractivity contribution in [2.75, 3.05) is 32.4 Å². The molecule has 0 atom stereocenters. The lowest BCUT2D eigenvalue weighted by Crippen LogP contribution is -2.50. The first-order chi connectivity index (χ1) is 15.3. The fourth-order valence-electron chi connectivity index (χ4n) is 3.90. The molecule has 3 aromatic rings. The molecule has 0 saturated carbocycles. The number of hydrogen-bond donors (Lipinski definition) is 0. The maximum Gasteiger partial charge on any atom is 0.274 e. The molecule has 4 rings (SSSR count). The molecule has 2 aromatic carbocycles. The van der Waals surface area contributed by atoms with Gasteiger partial charge in [0.05, 0.1) is 17.3 Å². The maximum atomic E-state index is 13.1. The highest BCUT2D eigenvalue weighted by atomic mass is 35.5. The fourth-order valence-corrected chi connectivity index (χ4v) is 4.57. The fraction of sp³-hybridized carbons (Fsp3) is 0.261. The molecule has 166 valence electrons. The zero-order valence-electron chi connectivity index (χ0n) is 17.6. The largest absolute Gasteiger partial charge is 0.335 e. The first-order valence-corrected chi connectivity index (χ1v) is 12.5. The number of aromatic nitrogens is 2. The van der Waals surface area contributed by atoms with Crippen LogP contribution in [0.25, 0.3) is 0 Å². The average Bonchev–Trinajstić information content (AvgIpc) is 2.80. The number of carbonyl (C=O) groups is 1. The number of hydrogen-bond acceptors (Lipinski definition) is 6. The zero-order chi connectivity index (χ0) is 22.7. The molecule has 0 unspecified atom stereocenters. The highest BCUT2D eigenvalue weighted by Gasteiger charge is 2.30. The summed E-state index contributed by atoms with van der Waals surface area (Å²) in [5, 5.41) is -0.367.